The number of hydrogen-bond donors (Lipinski definition) is 0. The number of nitrogens with zero attached hydrogens (tertiary/aromatic N) is 1. The molecule has 0 bridgehead atoms. The van der Waals surface area contributed by atoms with Crippen molar-refractivity contribution in [3.8, 4) is 5.88 Å². The molecule has 0 N–H and O–H groups in total. The molecule has 4 heteroatoms. The van der Waals surface area contributed by atoms with Crippen molar-refractivity contribution >= 4 is 0 Å². The fourth-order valence-corrected chi connectivity index (χ4v) is 1.83. The molecule has 0 aliphatic heterocycles. The monoisotopic (exact) mass is 215 g/mol. The van der Waals surface area contributed by atoms with Gasteiger partial charge in [-0.05, 0) is 30.9 Å². The molecule has 0 fully saturated rings. The number of alkyl halides is 2. The summed E-state index contributed by atoms with van der Waals surface area (Å²) >= 11 is 0. The highest BCUT2D eigenvalue weighted by Crippen LogP contribution is 2.25. The van der Waals surface area contributed by atoms with Gasteiger partial charge in [-0.25, -0.2) is 4.98 Å². The average molecular weight is 215 g/mol. The SMILES string of the molecule is Cc1cc(OC(F)F)nc(C)c1C(C)C. The van der Waals surface area contributed by atoms with Gasteiger partial charge in [0.15, 0.2) is 0 Å². The van der Waals surface area contributed by atoms with Gasteiger partial charge in [-0.1, -0.05) is 13.8 Å². The Kier molecular flexibility index (Phi) is 3.61. The molecule has 84 valence electrons. The number of aromatic nitrogens is 1. The maximum Gasteiger partial charge on any atom is 0.388 e. The first-order valence-electron chi connectivity index (χ1n) is 4.84. The van der Waals surface area contributed by atoms with Crippen molar-refractivity contribution in [3.05, 3.63) is 22.9 Å². The van der Waals surface area contributed by atoms with Crippen molar-refractivity contribution in [2.75, 3.05) is 0 Å². The molecule has 1 aromatic heterocycles. The lowest BCUT2D eigenvalue weighted by atomic mass is 9.97. The Morgan fingerprint density at radius 3 is 2.27 bits per heavy atom. The smallest absolute Gasteiger partial charge is 0.388 e. The van der Waals surface area contributed by atoms with E-state index in [1.165, 1.54) is 0 Å². The quantitative estimate of drug-likeness (QED) is 0.770. The fraction of sp³-hybridized carbons (Fsp3) is 0.545. The first kappa shape index (κ1) is 11.9. The summed E-state index contributed by atoms with van der Waals surface area (Å²) in [6.45, 7) is 4.96. The normalized spacial score (nSPS) is 11.2. The van der Waals surface area contributed by atoms with E-state index in [1.807, 2.05) is 20.8 Å². The largest absolute Gasteiger partial charge is 0.417 e. The van der Waals surface area contributed by atoms with Gasteiger partial charge < -0.3 is 4.74 Å². The molecule has 0 aliphatic carbocycles. The first-order valence-corrected chi connectivity index (χ1v) is 4.84. The maximum atomic E-state index is 12.0. The first-order chi connectivity index (χ1) is 6.91. The van der Waals surface area contributed by atoms with Crippen LogP contribution in [0.15, 0.2) is 6.07 Å². The Hall–Kier alpha value is -1.19. The van der Waals surface area contributed by atoms with Crippen molar-refractivity contribution < 1.29 is 13.5 Å². The molecule has 0 aliphatic rings. The molecule has 0 saturated carbocycles. The van der Waals surface area contributed by atoms with E-state index in [0.29, 0.717) is 5.92 Å². The predicted octanol–water partition coefficient (Wildman–Crippen LogP) is 3.42. The van der Waals surface area contributed by atoms with Crippen LogP contribution in [0.3, 0.4) is 0 Å². The van der Waals surface area contributed by atoms with Crippen LogP contribution >= 0.6 is 0 Å². The van der Waals surface area contributed by atoms with Gasteiger partial charge in [0.1, 0.15) is 0 Å². The summed E-state index contributed by atoms with van der Waals surface area (Å²) < 4.78 is 28.2. The minimum Gasteiger partial charge on any atom is -0.417 e. The predicted molar refractivity (Wildman–Crippen MR) is 54.4 cm³/mol. The third-order valence-corrected chi connectivity index (χ3v) is 2.22. The van der Waals surface area contributed by atoms with Gasteiger partial charge in [0.2, 0.25) is 5.88 Å². The zero-order chi connectivity index (χ0) is 11.6. The highest BCUT2D eigenvalue weighted by atomic mass is 19.3. The lowest BCUT2D eigenvalue weighted by molar-refractivity contribution is -0.0529. The Morgan fingerprint density at radius 2 is 1.87 bits per heavy atom. The van der Waals surface area contributed by atoms with E-state index in [9.17, 15) is 8.78 Å². The average Bonchev–Trinajstić information content (AvgIpc) is 1.99. The van der Waals surface area contributed by atoms with Crippen molar-refractivity contribution in [2.24, 2.45) is 0 Å². The Balaban J connectivity index is 3.08. The van der Waals surface area contributed by atoms with Gasteiger partial charge in [0.05, 0.1) is 0 Å². The van der Waals surface area contributed by atoms with Crippen molar-refractivity contribution in [3.63, 3.8) is 0 Å². The second-order valence-corrected chi connectivity index (χ2v) is 3.81. The molecule has 2 nitrogen and oxygen atoms in total. The third kappa shape index (κ3) is 2.88. The van der Waals surface area contributed by atoms with Gasteiger partial charge in [0, 0.05) is 11.8 Å². The van der Waals surface area contributed by atoms with Crippen LogP contribution in [0.25, 0.3) is 0 Å². The van der Waals surface area contributed by atoms with Crippen molar-refractivity contribution in [1.29, 1.82) is 0 Å². The number of halogens is 2. The van der Waals surface area contributed by atoms with Gasteiger partial charge in [-0.15, -0.1) is 0 Å². The molecular weight excluding hydrogens is 200 g/mol. The fourth-order valence-electron chi connectivity index (χ4n) is 1.83. The number of pyridine rings is 1. The van der Waals surface area contributed by atoms with E-state index < -0.39 is 6.61 Å². The summed E-state index contributed by atoms with van der Waals surface area (Å²) in [6.07, 6.45) is 0. The molecule has 1 aromatic rings. The minimum absolute atomic E-state index is 0.00981. The van der Waals surface area contributed by atoms with Crippen LogP contribution in [0.1, 0.15) is 36.6 Å². The van der Waals surface area contributed by atoms with Crippen LogP contribution in [-0.2, 0) is 0 Å². The van der Waals surface area contributed by atoms with Gasteiger partial charge in [-0.3, -0.25) is 0 Å². The van der Waals surface area contributed by atoms with Crippen molar-refractivity contribution in [1.82, 2.24) is 4.98 Å². The number of ether oxygens (including phenoxy) is 1. The van der Waals surface area contributed by atoms with Crippen LogP contribution < -0.4 is 4.74 Å². The molecule has 0 saturated heterocycles. The van der Waals surface area contributed by atoms with E-state index in [1.54, 1.807) is 13.0 Å². The summed E-state index contributed by atoms with van der Waals surface area (Å²) in [7, 11) is 0. The van der Waals surface area contributed by atoms with Crippen LogP contribution in [-0.4, -0.2) is 11.6 Å². The molecular formula is C11H15F2NO. The van der Waals surface area contributed by atoms with E-state index in [4.69, 9.17) is 0 Å². The topological polar surface area (TPSA) is 22.1 Å². The molecule has 0 radical (unpaired) electrons. The Morgan fingerprint density at radius 1 is 1.27 bits per heavy atom. The number of aryl methyl sites for hydroxylation is 2. The summed E-state index contributed by atoms with van der Waals surface area (Å²) in [5.74, 6) is 0.322. The van der Waals surface area contributed by atoms with E-state index in [0.717, 1.165) is 16.8 Å². The number of hydrogen-bond acceptors (Lipinski definition) is 2. The molecule has 0 spiro atoms. The molecule has 15 heavy (non-hydrogen) atoms. The Labute approximate surface area is 88.3 Å². The second-order valence-electron chi connectivity index (χ2n) is 3.81. The van der Waals surface area contributed by atoms with Crippen LogP contribution in [0.4, 0.5) is 8.78 Å². The van der Waals surface area contributed by atoms with E-state index in [2.05, 4.69) is 9.72 Å². The molecule has 1 heterocycles. The van der Waals surface area contributed by atoms with E-state index in [-0.39, 0.29) is 5.88 Å². The molecule has 0 aromatic carbocycles. The number of rotatable bonds is 3. The van der Waals surface area contributed by atoms with Crippen LogP contribution in [0, 0.1) is 13.8 Å². The van der Waals surface area contributed by atoms with Gasteiger partial charge >= 0.3 is 6.61 Å². The maximum absolute atomic E-state index is 12.0. The molecule has 0 unspecified atom stereocenters. The molecule has 0 amide bonds. The second kappa shape index (κ2) is 4.55. The van der Waals surface area contributed by atoms with Crippen molar-refractivity contribution in [2.45, 2.75) is 40.2 Å². The molecule has 1 rings (SSSR count). The third-order valence-electron chi connectivity index (χ3n) is 2.22. The highest BCUT2D eigenvalue weighted by molar-refractivity contribution is 5.35. The standard InChI is InChI=1S/C11H15F2NO/c1-6(2)10-7(3)5-9(14-8(10)4)15-11(12)13/h5-6,11H,1-4H3. The summed E-state index contributed by atoms with van der Waals surface area (Å²) in [5.41, 5.74) is 2.78. The van der Waals surface area contributed by atoms with Gasteiger partial charge in [-0.2, -0.15) is 8.78 Å². The van der Waals surface area contributed by atoms with E-state index >= 15 is 0 Å². The zero-order valence-electron chi connectivity index (χ0n) is 9.34. The zero-order valence-corrected chi connectivity index (χ0v) is 9.34. The van der Waals surface area contributed by atoms with Crippen LogP contribution in [0.2, 0.25) is 0 Å². The lowest BCUT2D eigenvalue weighted by Crippen LogP contribution is -2.07. The highest BCUT2D eigenvalue weighted by Gasteiger charge is 2.12. The molecule has 0 atom stereocenters. The lowest BCUT2D eigenvalue weighted by Gasteiger charge is -2.14. The summed E-state index contributed by atoms with van der Waals surface area (Å²) in [6, 6.07) is 1.55. The summed E-state index contributed by atoms with van der Waals surface area (Å²) in [5, 5.41) is 0. The minimum atomic E-state index is -2.82. The Bertz CT molecular complexity index is 327. The van der Waals surface area contributed by atoms with Crippen LogP contribution in [0.5, 0.6) is 5.88 Å². The van der Waals surface area contributed by atoms with Gasteiger partial charge in [0.25, 0.3) is 0 Å². The summed E-state index contributed by atoms with van der Waals surface area (Å²) in [4.78, 5) is 3.99.